The van der Waals surface area contributed by atoms with Gasteiger partial charge in [0.15, 0.2) is 0 Å². The zero-order chi connectivity index (χ0) is 10.0. The molecule has 72 valence electrons. The molecule has 0 aromatic heterocycles. The molecule has 0 aliphatic carbocycles. The Hall–Kier alpha value is -0.340. The molecule has 0 radical (unpaired) electrons. The van der Waals surface area contributed by atoms with E-state index in [0.29, 0.717) is 0 Å². The molecule has 1 aromatic rings. The van der Waals surface area contributed by atoms with Crippen LogP contribution in [0.5, 0.6) is 0 Å². The molecule has 1 atom stereocenters. The first-order chi connectivity index (χ1) is 6.06. The SMILES string of the molecule is Cc1cc(Br)c(C)c(C(C)CO)c1. The van der Waals surface area contributed by atoms with E-state index < -0.39 is 0 Å². The third-order valence-corrected chi connectivity index (χ3v) is 3.16. The molecule has 0 fully saturated rings. The lowest BCUT2D eigenvalue weighted by molar-refractivity contribution is 0.272. The summed E-state index contributed by atoms with van der Waals surface area (Å²) in [7, 11) is 0. The second kappa shape index (κ2) is 4.25. The maximum Gasteiger partial charge on any atom is 0.0497 e. The number of benzene rings is 1. The monoisotopic (exact) mass is 242 g/mol. The van der Waals surface area contributed by atoms with E-state index in [-0.39, 0.29) is 12.5 Å². The van der Waals surface area contributed by atoms with Crippen LogP contribution in [-0.4, -0.2) is 11.7 Å². The summed E-state index contributed by atoms with van der Waals surface area (Å²) >= 11 is 3.51. The lowest BCUT2D eigenvalue weighted by Gasteiger charge is -2.14. The zero-order valence-corrected chi connectivity index (χ0v) is 9.85. The van der Waals surface area contributed by atoms with Crippen LogP contribution in [0.4, 0.5) is 0 Å². The predicted molar refractivity (Wildman–Crippen MR) is 59.1 cm³/mol. The highest BCUT2D eigenvalue weighted by Crippen LogP contribution is 2.27. The van der Waals surface area contributed by atoms with Crippen molar-refractivity contribution < 1.29 is 5.11 Å². The van der Waals surface area contributed by atoms with Crippen LogP contribution in [0, 0.1) is 13.8 Å². The van der Waals surface area contributed by atoms with Crippen molar-refractivity contribution in [2.75, 3.05) is 6.61 Å². The summed E-state index contributed by atoms with van der Waals surface area (Å²) in [6, 6.07) is 4.24. The Morgan fingerprint density at radius 2 is 2.00 bits per heavy atom. The Morgan fingerprint density at radius 3 is 2.54 bits per heavy atom. The zero-order valence-electron chi connectivity index (χ0n) is 8.26. The number of halogens is 1. The number of aryl methyl sites for hydroxylation is 1. The Bertz CT molecular complexity index is 307. The van der Waals surface area contributed by atoms with Gasteiger partial charge in [-0.1, -0.05) is 28.9 Å². The third-order valence-electron chi connectivity index (χ3n) is 2.33. The fourth-order valence-corrected chi connectivity index (χ4v) is 2.04. The van der Waals surface area contributed by atoms with Crippen molar-refractivity contribution in [1.29, 1.82) is 0 Å². The highest BCUT2D eigenvalue weighted by atomic mass is 79.9. The van der Waals surface area contributed by atoms with E-state index in [0.717, 1.165) is 4.47 Å². The quantitative estimate of drug-likeness (QED) is 0.845. The van der Waals surface area contributed by atoms with Gasteiger partial charge in [-0.25, -0.2) is 0 Å². The maximum atomic E-state index is 9.08. The van der Waals surface area contributed by atoms with Gasteiger partial charge in [0.05, 0.1) is 0 Å². The molecular weight excluding hydrogens is 228 g/mol. The maximum absolute atomic E-state index is 9.08. The Balaban J connectivity index is 3.20. The molecule has 1 unspecified atom stereocenters. The second-order valence-electron chi connectivity index (χ2n) is 3.54. The Morgan fingerprint density at radius 1 is 1.38 bits per heavy atom. The molecule has 0 spiro atoms. The third kappa shape index (κ3) is 2.32. The standard InChI is InChI=1S/C11H15BrO/c1-7-4-10(8(2)6-13)9(3)11(12)5-7/h4-5,8,13H,6H2,1-3H3. The van der Waals surface area contributed by atoms with Crippen LogP contribution < -0.4 is 0 Å². The first-order valence-corrected chi connectivity index (χ1v) is 5.23. The minimum atomic E-state index is 0.205. The van der Waals surface area contributed by atoms with Crippen LogP contribution in [0.25, 0.3) is 0 Å². The van der Waals surface area contributed by atoms with Gasteiger partial charge in [0, 0.05) is 17.0 Å². The topological polar surface area (TPSA) is 20.2 Å². The number of aliphatic hydroxyl groups excluding tert-OH is 1. The van der Waals surface area contributed by atoms with Crippen LogP contribution in [0.2, 0.25) is 0 Å². The second-order valence-corrected chi connectivity index (χ2v) is 4.40. The number of aliphatic hydroxyl groups is 1. The lowest BCUT2D eigenvalue weighted by atomic mass is 9.95. The van der Waals surface area contributed by atoms with E-state index in [9.17, 15) is 0 Å². The van der Waals surface area contributed by atoms with Crippen LogP contribution in [0.3, 0.4) is 0 Å². The van der Waals surface area contributed by atoms with Gasteiger partial charge in [0.2, 0.25) is 0 Å². The molecule has 1 N–H and O–H groups in total. The van der Waals surface area contributed by atoms with Crippen LogP contribution in [0.1, 0.15) is 29.5 Å². The van der Waals surface area contributed by atoms with Gasteiger partial charge in [0.25, 0.3) is 0 Å². The summed E-state index contributed by atoms with van der Waals surface area (Å²) in [5, 5.41) is 9.08. The van der Waals surface area contributed by atoms with E-state index in [1.807, 2.05) is 6.92 Å². The number of hydrogen-bond acceptors (Lipinski definition) is 1. The van der Waals surface area contributed by atoms with Crippen molar-refractivity contribution in [1.82, 2.24) is 0 Å². The van der Waals surface area contributed by atoms with E-state index in [4.69, 9.17) is 5.11 Å². The molecule has 1 aromatic carbocycles. The van der Waals surface area contributed by atoms with Crippen molar-refractivity contribution in [3.63, 3.8) is 0 Å². The smallest absolute Gasteiger partial charge is 0.0497 e. The van der Waals surface area contributed by atoms with Gasteiger partial charge in [-0.05, 0) is 36.6 Å². The normalized spacial score (nSPS) is 13.0. The van der Waals surface area contributed by atoms with Crippen molar-refractivity contribution in [3.05, 3.63) is 33.3 Å². The molecule has 0 bridgehead atoms. The van der Waals surface area contributed by atoms with Crippen LogP contribution in [-0.2, 0) is 0 Å². The summed E-state index contributed by atoms with van der Waals surface area (Å²) in [5.74, 6) is 0.219. The molecule has 2 heteroatoms. The minimum Gasteiger partial charge on any atom is -0.396 e. The van der Waals surface area contributed by atoms with Gasteiger partial charge in [0.1, 0.15) is 0 Å². The van der Waals surface area contributed by atoms with Gasteiger partial charge < -0.3 is 5.11 Å². The summed E-state index contributed by atoms with van der Waals surface area (Å²) in [4.78, 5) is 0. The summed E-state index contributed by atoms with van der Waals surface area (Å²) in [6.07, 6.45) is 0. The number of rotatable bonds is 2. The van der Waals surface area contributed by atoms with Crippen molar-refractivity contribution in [2.24, 2.45) is 0 Å². The fourth-order valence-electron chi connectivity index (χ4n) is 1.45. The molecule has 1 rings (SSSR count). The average Bonchev–Trinajstić information content (AvgIpc) is 2.10. The van der Waals surface area contributed by atoms with Gasteiger partial charge in [-0.3, -0.25) is 0 Å². The van der Waals surface area contributed by atoms with Crippen molar-refractivity contribution in [3.8, 4) is 0 Å². The first-order valence-electron chi connectivity index (χ1n) is 4.43. The summed E-state index contributed by atoms with van der Waals surface area (Å²) in [6.45, 7) is 6.38. The molecular formula is C11H15BrO. The molecule has 13 heavy (non-hydrogen) atoms. The van der Waals surface area contributed by atoms with Crippen LogP contribution >= 0.6 is 15.9 Å². The van der Waals surface area contributed by atoms with Gasteiger partial charge in [-0.15, -0.1) is 0 Å². The molecule has 0 saturated carbocycles. The van der Waals surface area contributed by atoms with Crippen molar-refractivity contribution in [2.45, 2.75) is 26.7 Å². The molecule has 1 nitrogen and oxygen atoms in total. The fraction of sp³-hybridized carbons (Fsp3) is 0.455. The van der Waals surface area contributed by atoms with E-state index >= 15 is 0 Å². The molecule has 0 aliphatic heterocycles. The molecule has 0 heterocycles. The van der Waals surface area contributed by atoms with E-state index in [1.165, 1.54) is 16.7 Å². The molecule has 0 amide bonds. The molecule has 0 aliphatic rings. The summed E-state index contributed by atoms with van der Waals surface area (Å²) in [5.41, 5.74) is 3.69. The van der Waals surface area contributed by atoms with Crippen molar-refractivity contribution >= 4 is 15.9 Å². The minimum absolute atomic E-state index is 0.205. The number of hydrogen-bond donors (Lipinski definition) is 1. The van der Waals surface area contributed by atoms with Gasteiger partial charge >= 0.3 is 0 Å². The first kappa shape index (κ1) is 10.7. The Labute approximate surface area is 87.9 Å². The predicted octanol–water partition coefficient (Wildman–Crippen LogP) is 3.16. The van der Waals surface area contributed by atoms with E-state index in [2.05, 4.69) is 41.9 Å². The average molecular weight is 243 g/mol. The summed E-state index contributed by atoms with van der Waals surface area (Å²) < 4.78 is 1.13. The lowest BCUT2D eigenvalue weighted by Crippen LogP contribution is -2.02. The highest BCUT2D eigenvalue weighted by Gasteiger charge is 2.09. The molecule has 0 saturated heterocycles. The van der Waals surface area contributed by atoms with Crippen LogP contribution in [0.15, 0.2) is 16.6 Å². The largest absolute Gasteiger partial charge is 0.396 e. The van der Waals surface area contributed by atoms with Gasteiger partial charge in [-0.2, -0.15) is 0 Å². The van der Waals surface area contributed by atoms with E-state index in [1.54, 1.807) is 0 Å². The highest BCUT2D eigenvalue weighted by molar-refractivity contribution is 9.10. The Kier molecular flexibility index (Phi) is 3.51.